The van der Waals surface area contributed by atoms with Gasteiger partial charge in [-0.15, -0.1) is 0 Å². The standard InChI is InChI=1S/C31H34N2O5S/c1-23-12-14-24(15-13-23)22-38-21-20-32-29(25-8-4-2-5-9-25)30(26-10-6-3-7-11-26)33-39(36,37)28-18-16-27(17-19-28)31(34)35/h2-12,15-19,29-30,32-33H,13-14,20-22H2,1H3,(H,34,35)/t29-,30-/m1/s1. The molecule has 0 saturated carbocycles. The van der Waals surface area contributed by atoms with Gasteiger partial charge in [-0.1, -0.05) is 78.4 Å². The van der Waals surface area contributed by atoms with E-state index in [4.69, 9.17) is 4.74 Å². The van der Waals surface area contributed by atoms with E-state index in [9.17, 15) is 18.3 Å². The van der Waals surface area contributed by atoms with Crippen molar-refractivity contribution in [1.29, 1.82) is 0 Å². The first-order valence-electron chi connectivity index (χ1n) is 12.9. The van der Waals surface area contributed by atoms with Gasteiger partial charge in [0, 0.05) is 6.54 Å². The van der Waals surface area contributed by atoms with Crippen LogP contribution >= 0.6 is 0 Å². The predicted molar refractivity (Wildman–Crippen MR) is 152 cm³/mol. The maximum Gasteiger partial charge on any atom is 0.335 e. The number of rotatable bonds is 13. The Morgan fingerprint density at radius 2 is 1.49 bits per heavy atom. The third kappa shape index (κ3) is 7.97. The van der Waals surface area contributed by atoms with E-state index in [1.807, 2.05) is 60.7 Å². The summed E-state index contributed by atoms with van der Waals surface area (Å²) < 4.78 is 35.8. The molecule has 8 heteroatoms. The van der Waals surface area contributed by atoms with Gasteiger partial charge in [0.25, 0.3) is 0 Å². The summed E-state index contributed by atoms with van der Waals surface area (Å²) in [5.74, 6) is -1.11. The van der Waals surface area contributed by atoms with Gasteiger partial charge in [-0.2, -0.15) is 0 Å². The second-order valence-corrected chi connectivity index (χ2v) is 11.3. The van der Waals surface area contributed by atoms with Crippen molar-refractivity contribution < 1.29 is 23.1 Å². The normalized spacial score (nSPS) is 15.2. The summed E-state index contributed by atoms with van der Waals surface area (Å²) in [5, 5.41) is 12.7. The van der Waals surface area contributed by atoms with Crippen LogP contribution in [0.1, 0.15) is 53.3 Å². The molecule has 0 fully saturated rings. The first kappa shape index (κ1) is 28.4. The lowest BCUT2D eigenvalue weighted by Crippen LogP contribution is -2.39. The molecule has 2 atom stereocenters. The smallest absolute Gasteiger partial charge is 0.335 e. The van der Waals surface area contributed by atoms with Crippen LogP contribution < -0.4 is 10.0 Å². The van der Waals surface area contributed by atoms with E-state index in [2.05, 4.69) is 29.1 Å². The summed E-state index contributed by atoms with van der Waals surface area (Å²) in [6.07, 6.45) is 6.33. The van der Waals surface area contributed by atoms with Crippen LogP contribution in [-0.4, -0.2) is 39.3 Å². The van der Waals surface area contributed by atoms with Crippen LogP contribution in [-0.2, 0) is 14.8 Å². The average Bonchev–Trinajstić information content (AvgIpc) is 2.96. The SMILES string of the molecule is CC1=CCC(COCCN[C@H](c2ccccc2)[C@H](NS(=O)(=O)c2ccc(C(=O)O)cc2)c2ccccc2)=CC1. The minimum atomic E-state index is -3.98. The quantitative estimate of drug-likeness (QED) is 0.195. The van der Waals surface area contributed by atoms with Gasteiger partial charge < -0.3 is 15.2 Å². The van der Waals surface area contributed by atoms with Gasteiger partial charge in [-0.3, -0.25) is 0 Å². The first-order valence-corrected chi connectivity index (χ1v) is 14.4. The van der Waals surface area contributed by atoms with Crippen molar-refractivity contribution in [2.24, 2.45) is 0 Å². The number of hydrogen-bond acceptors (Lipinski definition) is 5. The zero-order chi connectivity index (χ0) is 27.7. The van der Waals surface area contributed by atoms with Crippen molar-refractivity contribution in [3.63, 3.8) is 0 Å². The number of carboxylic acids is 1. The zero-order valence-electron chi connectivity index (χ0n) is 21.9. The van der Waals surface area contributed by atoms with Crippen molar-refractivity contribution >= 4 is 16.0 Å². The molecule has 3 N–H and O–H groups in total. The van der Waals surface area contributed by atoms with Crippen LogP contribution in [0, 0.1) is 0 Å². The van der Waals surface area contributed by atoms with Crippen LogP contribution in [0.15, 0.2) is 113 Å². The maximum absolute atomic E-state index is 13.5. The van der Waals surface area contributed by atoms with E-state index in [0.29, 0.717) is 19.8 Å². The molecule has 3 aromatic carbocycles. The van der Waals surface area contributed by atoms with Crippen LogP contribution in [0.4, 0.5) is 0 Å². The molecule has 0 aromatic heterocycles. The molecule has 3 aromatic rings. The molecule has 0 spiro atoms. The Morgan fingerprint density at radius 1 is 0.872 bits per heavy atom. The number of aromatic carboxylic acids is 1. The van der Waals surface area contributed by atoms with Crippen LogP contribution in [0.5, 0.6) is 0 Å². The van der Waals surface area contributed by atoms with Gasteiger partial charge in [0.05, 0.1) is 35.8 Å². The van der Waals surface area contributed by atoms with Crippen LogP contribution in [0.25, 0.3) is 0 Å². The highest BCUT2D eigenvalue weighted by Crippen LogP contribution is 2.31. The molecule has 1 aliphatic rings. The lowest BCUT2D eigenvalue weighted by molar-refractivity contribution is 0.0696. The average molecular weight is 547 g/mol. The Kier molecular flexibility index (Phi) is 9.84. The molecular weight excluding hydrogens is 512 g/mol. The second-order valence-electron chi connectivity index (χ2n) is 9.56. The molecule has 0 heterocycles. The lowest BCUT2D eigenvalue weighted by atomic mass is 9.94. The van der Waals surface area contributed by atoms with Crippen LogP contribution in [0.2, 0.25) is 0 Å². The van der Waals surface area contributed by atoms with Gasteiger partial charge in [0.1, 0.15) is 0 Å². The third-order valence-electron chi connectivity index (χ3n) is 6.67. The topological polar surface area (TPSA) is 105 Å². The maximum atomic E-state index is 13.5. The van der Waals surface area contributed by atoms with Crippen molar-refractivity contribution in [3.05, 3.63) is 125 Å². The van der Waals surface area contributed by atoms with E-state index in [1.165, 1.54) is 35.4 Å². The summed E-state index contributed by atoms with van der Waals surface area (Å²) in [4.78, 5) is 11.2. The Balaban J connectivity index is 1.54. The number of ether oxygens (including phenoxy) is 1. The highest BCUT2D eigenvalue weighted by Gasteiger charge is 2.29. The molecule has 0 bridgehead atoms. The summed E-state index contributed by atoms with van der Waals surface area (Å²) in [6, 6.07) is 23.3. The summed E-state index contributed by atoms with van der Waals surface area (Å²) in [6.45, 7) is 3.68. The number of sulfonamides is 1. The second kappa shape index (κ2) is 13.5. The predicted octanol–water partition coefficient (Wildman–Crippen LogP) is 5.42. The van der Waals surface area contributed by atoms with Gasteiger partial charge in [-0.25, -0.2) is 17.9 Å². The highest BCUT2D eigenvalue weighted by atomic mass is 32.2. The molecule has 4 rings (SSSR count). The van der Waals surface area contributed by atoms with Crippen molar-refractivity contribution in [2.75, 3.05) is 19.8 Å². The molecule has 7 nitrogen and oxygen atoms in total. The van der Waals surface area contributed by atoms with Gasteiger partial charge in [0.2, 0.25) is 10.0 Å². The Bertz CT molecular complexity index is 1400. The highest BCUT2D eigenvalue weighted by molar-refractivity contribution is 7.89. The molecule has 0 radical (unpaired) electrons. The number of nitrogens with one attached hydrogen (secondary N) is 2. The Labute approximate surface area is 230 Å². The molecule has 0 amide bonds. The molecule has 204 valence electrons. The fourth-order valence-corrected chi connectivity index (χ4v) is 5.71. The van der Waals surface area contributed by atoms with E-state index < -0.39 is 28.1 Å². The van der Waals surface area contributed by atoms with E-state index in [-0.39, 0.29) is 10.5 Å². The fourth-order valence-electron chi connectivity index (χ4n) is 4.47. The largest absolute Gasteiger partial charge is 0.478 e. The summed E-state index contributed by atoms with van der Waals surface area (Å²) in [5.41, 5.74) is 4.38. The van der Waals surface area contributed by atoms with Crippen molar-refractivity contribution in [2.45, 2.75) is 36.7 Å². The number of carbonyl (C=O) groups is 1. The lowest BCUT2D eigenvalue weighted by Gasteiger charge is -2.30. The molecule has 0 unspecified atom stereocenters. The van der Waals surface area contributed by atoms with Gasteiger partial charge in [0.15, 0.2) is 0 Å². The monoisotopic (exact) mass is 546 g/mol. The van der Waals surface area contributed by atoms with E-state index in [1.54, 1.807) is 0 Å². The number of benzene rings is 3. The third-order valence-corrected chi connectivity index (χ3v) is 8.12. The van der Waals surface area contributed by atoms with E-state index >= 15 is 0 Å². The Hall–Kier alpha value is -3.56. The molecule has 39 heavy (non-hydrogen) atoms. The minimum absolute atomic E-state index is 0.00591. The van der Waals surface area contributed by atoms with Crippen LogP contribution in [0.3, 0.4) is 0 Å². The number of allylic oxidation sites excluding steroid dienone is 3. The Morgan fingerprint density at radius 3 is 2.05 bits per heavy atom. The van der Waals surface area contributed by atoms with E-state index in [0.717, 1.165) is 24.0 Å². The minimum Gasteiger partial charge on any atom is -0.478 e. The van der Waals surface area contributed by atoms with Crippen molar-refractivity contribution in [3.8, 4) is 0 Å². The zero-order valence-corrected chi connectivity index (χ0v) is 22.7. The number of hydrogen-bond donors (Lipinski definition) is 3. The van der Waals surface area contributed by atoms with Gasteiger partial charge in [-0.05, 0) is 60.7 Å². The molecular formula is C31H34N2O5S. The molecule has 1 aliphatic carbocycles. The molecule has 0 aliphatic heterocycles. The number of carboxylic acid groups (broad SMARTS) is 1. The summed E-state index contributed by atoms with van der Waals surface area (Å²) in [7, 11) is -3.98. The molecule has 0 saturated heterocycles. The first-order chi connectivity index (χ1) is 18.8. The van der Waals surface area contributed by atoms with Crippen molar-refractivity contribution in [1.82, 2.24) is 10.0 Å². The van der Waals surface area contributed by atoms with Gasteiger partial charge >= 0.3 is 5.97 Å². The fraction of sp³-hybridized carbons (Fsp3) is 0.258. The summed E-state index contributed by atoms with van der Waals surface area (Å²) >= 11 is 0.